The summed E-state index contributed by atoms with van der Waals surface area (Å²) >= 11 is 0. The highest BCUT2D eigenvalue weighted by atomic mass is 15.3. The molecule has 1 aliphatic rings. The zero-order chi connectivity index (χ0) is 9.84. The molecule has 0 aromatic rings. The smallest absolute Gasteiger partial charge is 0.213 e. The van der Waals surface area contributed by atoms with Gasteiger partial charge in [0.15, 0.2) is 0 Å². The van der Waals surface area contributed by atoms with E-state index >= 15 is 0 Å². The van der Waals surface area contributed by atoms with Crippen LogP contribution in [-0.4, -0.2) is 49.5 Å². The molecule has 1 atom stereocenters. The van der Waals surface area contributed by atoms with Gasteiger partial charge in [0.05, 0.1) is 0 Å². The molecule has 0 radical (unpaired) electrons. The molecule has 0 saturated carbocycles. The molecule has 0 bridgehead atoms. The predicted octanol–water partition coefficient (Wildman–Crippen LogP) is -0.942. The Labute approximate surface area is 79.4 Å². The van der Waals surface area contributed by atoms with E-state index in [1.165, 1.54) is 13.0 Å². The lowest BCUT2D eigenvalue weighted by Gasteiger charge is -2.21. The maximum atomic E-state index is 5.57. The molecule has 1 aliphatic heterocycles. The van der Waals surface area contributed by atoms with Crippen molar-refractivity contribution < 1.29 is 0 Å². The van der Waals surface area contributed by atoms with Crippen LogP contribution >= 0.6 is 0 Å². The first-order chi connectivity index (χ1) is 6.13. The van der Waals surface area contributed by atoms with E-state index in [4.69, 9.17) is 11.6 Å². The second kappa shape index (κ2) is 4.32. The molecular formula is C8H19N5. The van der Waals surface area contributed by atoms with Crippen LogP contribution in [0.25, 0.3) is 0 Å². The first kappa shape index (κ1) is 10.1. The number of likely N-dealkylation sites (tertiary alicyclic amines) is 1. The fourth-order valence-corrected chi connectivity index (χ4v) is 1.75. The molecule has 0 aromatic carbocycles. The molecule has 1 saturated heterocycles. The number of hydrogen-bond acceptors (Lipinski definition) is 3. The van der Waals surface area contributed by atoms with E-state index in [9.17, 15) is 0 Å². The van der Waals surface area contributed by atoms with Gasteiger partial charge in [0.2, 0.25) is 5.96 Å². The minimum atomic E-state index is 0.412. The van der Waals surface area contributed by atoms with Crippen LogP contribution in [0.15, 0.2) is 5.10 Å². The molecule has 1 rings (SSSR count). The van der Waals surface area contributed by atoms with Crippen molar-refractivity contribution in [3.8, 4) is 0 Å². The van der Waals surface area contributed by atoms with E-state index in [1.807, 2.05) is 11.9 Å². The van der Waals surface area contributed by atoms with Gasteiger partial charge in [-0.2, -0.15) is 0 Å². The number of guanidine groups is 1. The molecule has 5 heteroatoms. The Bertz CT molecular complexity index is 191. The van der Waals surface area contributed by atoms with Gasteiger partial charge in [0, 0.05) is 20.1 Å². The van der Waals surface area contributed by atoms with E-state index < -0.39 is 0 Å². The Kier molecular flexibility index (Phi) is 3.36. The summed E-state index contributed by atoms with van der Waals surface area (Å²) in [5.74, 6) is 6.19. The van der Waals surface area contributed by atoms with Crippen LogP contribution in [-0.2, 0) is 0 Å². The van der Waals surface area contributed by atoms with Crippen LogP contribution in [0, 0.1) is 5.92 Å². The lowest BCUT2D eigenvalue weighted by molar-refractivity contribution is 0.353. The highest BCUT2D eigenvalue weighted by Gasteiger charge is 2.21. The maximum Gasteiger partial charge on any atom is 0.213 e. The van der Waals surface area contributed by atoms with Crippen molar-refractivity contribution in [2.75, 3.05) is 33.7 Å². The van der Waals surface area contributed by atoms with E-state index in [0.29, 0.717) is 11.9 Å². The number of hydrogen-bond donors (Lipinski definition) is 2. The number of hydrazone groups is 1. The van der Waals surface area contributed by atoms with E-state index in [2.05, 4.69) is 17.0 Å². The molecule has 0 aromatic heterocycles. The van der Waals surface area contributed by atoms with Crippen LogP contribution in [0.4, 0.5) is 0 Å². The lowest BCUT2D eigenvalue weighted by atomic mass is 10.1. The van der Waals surface area contributed by atoms with Gasteiger partial charge in [0.25, 0.3) is 0 Å². The van der Waals surface area contributed by atoms with Crippen molar-refractivity contribution in [3.05, 3.63) is 0 Å². The van der Waals surface area contributed by atoms with Crippen molar-refractivity contribution in [1.29, 1.82) is 0 Å². The standard InChI is InChI=1S/C8H19N5/c1-12-4-3-7(5-12)6-13(2)8(9)11-10/h7H,3-6,10H2,1-2H3,(H2,9,11). The fraction of sp³-hybridized carbons (Fsp3) is 0.875. The van der Waals surface area contributed by atoms with Crippen LogP contribution in [0.3, 0.4) is 0 Å². The van der Waals surface area contributed by atoms with Gasteiger partial charge in [-0.1, -0.05) is 0 Å². The normalized spacial score (nSPS) is 25.1. The monoisotopic (exact) mass is 185 g/mol. The molecule has 76 valence electrons. The second-order valence-electron chi connectivity index (χ2n) is 3.78. The SMILES string of the molecule is CN1CCC(CN(C)C(N)=NN)C1. The Morgan fingerprint density at radius 1 is 1.69 bits per heavy atom. The summed E-state index contributed by atoms with van der Waals surface area (Å²) in [4.78, 5) is 4.23. The van der Waals surface area contributed by atoms with Crippen LogP contribution in [0.1, 0.15) is 6.42 Å². The first-order valence-corrected chi connectivity index (χ1v) is 4.56. The van der Waals surface area contributed by atoms with Crippen molar-refractivity contribution in [2.45, 2.75) is 6.42 Å². The quantitative estimate of drug-likeness (QED) is 0.252. The topological polar surface area (TPSA) is 70.9 Å². The fourth-order valence-electron chi connectivity index (χ4n) is 1.75. The average molecular weight is 185 g/mol. The van der Waals surface area contributed by atoms with Gasteiger partial charge in [-0.25, -0.2) is 0 Å². The van der Waals surface area contributed by atoms with E-state index in [-0.39, 0.29) is 0 Å². The van der Waals surface area contributed by atoms with Gasteiger partial charge >= 0.3 is 0 Å². The summed E-state index contributed by atoms with van der Waals surface area (Å²) in [6.07, 6.45) is 1.23. The summed E-state index contributed by atoms with van der Waals surface area (Å²) in [5.41, 5.74) is 5.57. The molecule has 0 aliphatic carbocycles. The van der Waals surface area contributed by atoms with Gasteiger partial charge in [-0.3, -0.25) is 0 Å². The molecule has 1 fully saturated rings. The number of rotatable bonds is 2. The van der Waals surface area contributed by atoms with Gasteiger partial charge in [-0.05, 0) is 25.9 Å². The number of nitrogens with zero attached hydrogens (tertiary/aromatic N) is 3. The molecule has 13 heavy (non-hydrogen) atoms. The molecule has 1 heterocycles. The molecule has 5 nitrogen and oxygen atoms in total. The highest BCUT2D eigenvalue weighted by molar-refractivity contribution is 5.77. The summed E-state index contributed by atoms with van der Waals surface area (Å²) < 4.78 is 0. The minimum absolute atomic E-state index is 0.412. The Balaban J connectivity index is 2.32. The summed E-state index contributed by atoms with van der Waals surface area (Å²) in [6.45, 7) is 3.26. The Hall–Kier alpha value is -0.970. The highest BCUT2D eigenvalue weighted by Crippen LogP contribution is 2.14. The van der Waals surface area contributed by atoms with Crippen molar-refractivity contribution >= 4 is 5.96 Å². The third kappa shape index (κ3) is 2.77. The van der Waals surface area contributed by atoms with Crippen molar-refractivity contribution in [3.63, 3.8) is 0 Å². The average Bonchev–Trinajstić information content (AvgIpc) is 2.49. The van der Waals surface area contributed by atoms with Gasteiger partial charge < -0.3 is 21.4 Å². The third-order valence-electron chi connectivity index (χ3n) is 2.54. The van der Waals surface area contributed by atoms with E-state index in [1.54, 1.807) is 0 Å². The minimum Gasteiger partial charge on any atom is -0.368 e. The lowest BCUT2D eigenvalue weighted by Crippen LogP contribution is -2.38. The Morgan fingerprint density at radius 2 is 2.38 bits per heavy atom. The summed E-state index contributed by atoms with van der Waals surface area (Å²) in [5, 5.41) is 3.46. The van der Waals surface area contributed by atoms with Crippen molar-refractivity contribution in [2.24, 2.45) is 22.6 Å². The van der Waals surface area contributed by atoms with Crippen LogP contribution < -0.4 is 11.6 Å². The predicted molar refractivity (Wildman–Crippen MR) is 54.0 cm³/mol. The zero-order valence-corrected chi connectivity index (χ0v) is 8.40. The maximum absolute atomic E-state index is 5.57. The molecule has 0 spiro atoms. The first-order valence-electron chi connectivity index (χ1n) is 4.56. The Morgan fingerprint density at radius 3 is 2.85 bits per heavy atom. The second-order valence-corrected chi connectivity index (χ2v) is 3.78. The van der Waals surface area contributed by atoms with Crippen LogP contribution in [0.5, 0.6) is 0 Å². The van der Waals surface area contributed by atoms with E-state index in [0.717, 1.165) is 13.1 Å². The largest absolute Gasteiger partial charge is 0.368 e. The third-order valence-corrected chi connectivity index (χ3v) is 2.54. The van der Waals surface area contributed by atoms with Crippen LogP contribution in [0.2, 0.25) is 0 Å². The zero-order valence-electron chi connectivity index (χ0n) is 8.40. The number of nitrogens with two attached hydrogens (primary N) is 2. The molecular weight excluding hydrogens is 166 g/mol. The van der Waals surface area contributed by atoms with Gasteiger partial charge in [-0.15, -0.1) is 5.10 Å². The summed E-state index contributed by atoms with van der Waals surface area (Å²) in [7, 11) is 4.06. The molecule has 1 unspecified atom stereocenters. The molecule has 4 N–H and O–H groups in total. The van der Waals surface area contributed by atoms with Gasteiger partial charge in [0.1, 0.15) is 0 Å². The van der Waals surface area contributed by atoms with Crippen molar-refractivity contribution in [1.82, 2.24) is 9.80 Å². The molecule has 0 amide bonds. The summed E-state index contributed by atoms with van der Waals surface area (Å²) in [6, 6.07) is 0.